The number of likely N-dealkylation sites (N-methyl/N-ethyl adjacent to an activating group) is 1. The molecule has 126 valence electrons. The predicted molar refractivity (Wildman–Crippen MR) is 92.3 cm³/mol. The van der Waals surface area contributed by atoms with Crippen LogP contribution in [-0.2, 0) is 6.42 Å². The molecule has 1 saturated heterocycles. The number of anilines is 2. The van der Waals surface area contributed by atoms with Crippen molar-refractivity contribution in [1.82, 2.24) is 4.90 Å². The molecule has 0 saturated carbocycles. The fourth-order valence-electron chi connectivity index (χ4n) is 3.23. The first-order valence-corrected chi connectivity index (χ1v) is 7.71. The minimum absolute atomic E-state index is 0. The van der Waals surface area contributed by atoms with Crippen LogP contribution in [0.2, 0.25) is 0 Å². The molecule has 1 aromatic rings. The van der Waals surface area contributed by atoms with E-state index in [1.807, 2.05) is 6.07 Å². The number of hydrogen-bond donors (Lipinski definition) is 1. The molecule has 0 amide bonds. The summed E-state index contributed by atoms with van der Waals surface area (Å²) >= 11 is 0. The molecule has 1 aromatic carbocycles. The number of halogens is 2. The number of nitrogens with two attached hydrogens (primary N) is 1. The Bertz CT molecular complexity index is 483. The van der Waals surface area contributed by atoms with E-state index in [0.717, 1.165) is 18.8 Å². The largest absolute Gasteiger partial charge is 1.00 e. The Labute approximate surface area is 146 Å². The zero-order chi connectivity index (χ0) is 14.2. The average molecular weight is 347 g/mol. The topological polar surface area (TPSA) is 32.5 Å². The summed E-state index contributed by atoms with van der Waals surface area (Å²) in [6, 6.07) is 6.34. The first kappa shape index (κ1) is 19.4. The first-order chi connectivity index (χ1) is 9.53. The first-order valence-electron chi connectivity index (χ1n) is 7.71. The van der Waals surface area contributed by atoms with Gasteiger partial charge in [0, 0.05) is 44.1 Å². The number of hydrogen-bond acceptors (Lipinski definition) is 3. The lowest BCUT2D eigenvalue weighted by Gasteiger charge is -2.39. The fourth-order valence-corrected chi connectivity index (χ4v) is 3.23. The van der Waals surface area contributed by atoms with Crippen LogP contribution in [0.3, 0.4) is 0 Å². The Hall–Kier alpha value is -0.680. The molecule has 0 bridgehead atoms. The van der Waals surface area contributed by atoms with Crippen molar-refractivity contribution in [1.29, 1.82) is 0 Å². The van der Waals surface area contributed by atoms with Crippen molar-refractivity contribution in [2.75, 3.05) is 70.5 Å². The predicted octanol–water partition coefficient (Wildman–Crippen LogP) is -1.55. The second-order valence-corrected chi connectivity index (χ2v) is 6.85. The van der Waals surface area contributed by atoms with E-state index in [2.05, 4.69) is 36.0 Å². The summed E-state index contributed by atoms with van der Waals surface area (Å²) in [6.07, 6.45) is 1.17. The molecule has 22 heavy (non-hydrogen) atoms. The molecule has 2 aliphatic rings. The molecular weight excluding hydrogens is 319 g/mol. The van der Waals surface area contributed by atoms with Gasteiger partial charge >= 0.3 is 0 Å². The fraction of sp³-hybridized carbons (Fsp3) is 0.625. The third-order valence-corrected chi connectivity index (χ3v) is 4.83. The average Bonchev–Trinajstić information content (AvgIpc) is 2.80. The summed E-state index contributed by atoms with van der Waals surface area (Å²) in [7, 11) is 4.66. The van der Waals surface area contributed by atoms with Crippen molar-refractivity contribution in [2.45, 2.75) is 6.42 Å². The van der Waals surface area contributed by atoms with Crippen LogP contribution < -0.4 is 23.0 Å². The van der Waals surface area contributed by atoms with Crippen LogP contribution in [0.4, 0.5) is 11.4 Å². The molecule has 0 aromatic heterocycles. The molecule has 2 aliphatic heterocycles. The lowest BCUT2D eigenvalue weighted by atomic mass is 10.1. The number of benzene rings is 1. The highest BCUT2D eigenvalue weighted by Crippen LogP contribution is 2.29. The lowest BCUT2D eigenvalue weighted by molar-refractivity contribution is -0.894. The normalized spacial score (nSPS) is 20.0. The van der Waals surface area contributed by atoms with Crippen LogP contribution in [0.5, 0.6) is 0 Å². The standard InChI is InChI=1S/C16H27N4.2ClH/c1-20(2)11-9-18(10-12-20)7-8-19-6-5-14-3-4-15(17)13-16(14)19;;/h3-4,13H,5-12,17H2,1-2H3;2*1H/q+1;;/p-1. The third kappa shape index (κ3) is 4.42. The number of fused-ring (bicyclic) bond motifs is 1. The number of nitrogen functional groups attached to an aromatic ring is 1. The lowest BCUT2D eigenvalue weighted by Crippen LogP contribution is -3.00. The van der Waals surface area contributed by atoms with Gasteiger partial charge < -0.3 is 27.5 Å². The second kappa shape index (κ2) is 7.73. The Morgan fingerprint density at radius 2 is 1.77 bits per heavy atom. The Morgan fingerprint density at radius 3 is 2.45 bits per heavy atom. The molecule has 0 unspecified atom stereocenters. The van der Waals surface area contributed by atoms with Gasteiger partial charge in [-0.15, -0.1) is 12.4 Å². The maximum atomic E-state index is 5.92. The Morgan fingerprint density at radius 1 is 1.09 bits per heavy atom. The van der Waals surface area contributed by atoms with Gasteiger partial charge in [0.2, 0.25) is 0 Å². The van der Waals surface area contributed by atoms with Crippen LogP contribution in [0.1, 0.15) is 5.56 Å². The van der Waals surface area contributed by atoms with E-state index in [9.17, 15) is 0 Å². The summed E-state index contributed by atoms with van der Waals surface area (Å²) in [5.41, 5.74) is 9.62. The SMILES string of the molecule is C[N+]1(C)CCN(CCN2CCc3ccc(N)cc32)CC1.Cl.[Cl-]. The molecule has 4 nitrogen and oxygen atoms in total. The van der Waals surface area contributed by atoms with E-state index >= 15 is 0 Å². The number of rotatable bonds is 3. The molecule has 0 radical (unpaired) electrons. The summed E-state index contributed by atoms with van der Waals surface area (Å²) < 4.78 is 1.17. The number of nitrogens with zero attached hydrogens (tertiary/aromatic N) is 3. The summed E-state index contributed by atoms with van der Waals surface area (Å²) in [4.78, 5) is 5.11. The van der Waals surface area contributed by atoms with Crippen LogP contribution in [0.15, 0.2) is 18.2 Å². The van der Waals surface area contributed by atoms with Gasteiger partial charge in [0.25, 0.3) is 0 Å². The molecule has 6 heteroatoms. The molecule has 3 rings (SSSR count). The zero-order valence-corrected chi connectivity index (χ0v) is 15.2. The second-order valence-electron chi connectivity index (χ2n) is 6.85. The van der Waals surface area contributed by atoms with Gasteiger partial charge in [0.1, 0.15) is 0 Å². The highest BCUT2D eigenvalue weighted by atomic mass is 35.5. The van der Waals surface area contributed by atoms with Crippen molar-refractivity contribution in [3.8, 4) is 0 Å². The molecule has 0 aliphatic carbocycles. The summed E-state index contributed by atoms with van der Waals surface area (Å²) in [5.74, 6) is 0. The molecule has 2 N–H and O–H groups in total. The van der Waals surface area contributed by atoms with Crippen LogP contribution >= 0.6 is 12.4 Å². The van der Waals surface area contributed by atoms with E-state index < -0.39 is 0 Å². The highest BCUT2D eigenvalue weighted by Gasteiger charge is 2.25. The van der Waals surface area contributed by atoms with E-state index in [4.69, 9.17) is 5.73 Å². The third-order valence-electron chi connectivity index (χ3n) is 4.83. The van der Waals surface area contributed by atoms with E-state index in [0.29, 0.717) is 0 Å². The van der Waals surface area contributed by atoms with Gasteiger partial charge in [-0.25, -0.2) is 0 Å². The van der Waals surface area contributed by atoms with E-state index in [1.165, 1.54) is 54.9 Å². The van der Waals surface area contributed by atoms with E-state index in [1.54, 1.807) is 0 Å². The maximum absolute atomic E-state index is 5.92. The smallest absolute Gasteiger partial charge is 0.0912 e. The minimum atomic E-state index is 0. The maximum Gasteiger partial charge on any atom is 0.0912 e. The van der Waals surface area contributed by atoms with Gasteiger partial charge in [-0.05, 0) is 24.1 Å². The van der Waals surface area contributed by atoms with Gasteiger partial charge in [0.15, 0.2) is 0 Å². The van der Waals surface area contributed by atoms with Gasteiger partial charge in [-0.3, -0.25) is 4.90 Å². The van der Waals surface area contributed by atoms with Crippen molar-refractivity contribution in [2.24, 2.45) is 0 Å². The Balaban J connectivity index is 0.00000121. The quantitative estimate of drug-likeness (QED) is 0.531. The minimum Gasteiger partial charge on any atom is -1.00 e. The molecule has 0 spiro atoms. The summed E-state index contributed by atoms with van der Waals surface area (Å²) in [5, 5.41) is 0. The Kier molecular flexibility index (Phi) is 6.81. The molecule has 1 fully saturated rings. The van der Waals surface area contributed by atoms with Crippen molar-refractivity contribution >= 4 is 23.8 Å². The molecule has 0 atom stereocenters. The number of piperazine rings is 1. The summed E-state index contributed by atoms with van der Waals surface area (Å²) in [6.45, 7) is 8.44. The van der Waals surface area contributed by atoms with E-state index in [-0.39, 0.29) is 24.8 Å². The molecule has 2 heterocycles. The number of quaternary nitrogens is 1. The van der Waals surface area contributed by atoms with Gasteiger partial charge in [0.05, 0.1) is 27.2 Å². The van der Waals surface area contributed by atoms with Crippen LogP contribution in [0.25, 0.3) is 0 Å². The van der Waals surface area contributed by atoms with Gasteiger partial charge in [-0.2, -0.15) is 0 Å². The van der Waals surface area contributed by atoms with Crippen molar-refractivity contribution in [3.63, 3.8) is 0 Å². The molecular formula is C16H28Cl2N4. The van der Waals surface area contributed by atoms with Crippen molar-refractivity contribution < 1.29 is 16.9 Å². The highest BCUT2D eigenvalue weighted by molar-refractivity contribution is 5.85. The van der Waals surface area contributed by atoms with Crippen LogP contribution in [0, 0.1) is 0 Å². The van der Waals surface area contributed by atoms with Gasteiger partial charge in [-0.1, -0.05) is 6.07 Å². The monoisotopic (exact) mass is 346 g/mol. The van der Waals surface area contributed by atoms with Crippen molar-refractivity contribution in [3.05, 3.63) is 23.8 Å². The van der Waals surface area contributed by atoms with Crippen LogP contribution in [-0.4, -0.2) is 69.3 Å². The zero-order valence-electron chi connectivity index (χ0n) is 13.6.